The van der Waals surface area contributed by atoms with E-state index in [1.165, 1.54) is 26.4 Å². The number of hydrogen-bond donors (Lipinski definition) is 1. The maximum absolute atomic E-state index is 13.5. The van der Waals surface area contributed by atoms with Crippen LogP contribution in [-0.2, 0) is 9.53 Å². The molecule has 0 aliphatic rings. The zero-order valence-electron chi connectivity index (χ0n) is 14.1. The van der Waals surface area contributed by atoms with Gasteiger partial charge in [0.05, 0.1) is 25.5 Å². The summed E-state index contributed by atoms with van der Waals surface area (Å²) in [4.78, 5) is 23.9. The Morgan fingerprint density at radius 3 is 2.48 bits per heavy atom. The first-order valence-electron chi connectivity index (χ1n) is 7.39. The first-order valence-corrected chi connectivity index (χ1v) is 7.39. The molecule has 0 spiro atoms. The monoisotopic (exact) mass is 347 g/mol. The van der Waals surface area contributed by atoms with Gasteiger partial charge in [0.1, 0.15) is 17.3 Å². The minimum absolute atomic E-state index is 0.0369. The summed E-state index contributed by atoms with van der Waals surface area (Å²) in [6.07, 6.45) is 0. The molecule has 7 heteroatoms. The van der Waals surface area contributed by atoms with E-state index in [-0.39, 0.29) is 5.56 Å². The van der Waals surface area contributed by atoms with Crippen molar-refractivity contribution in [3.05, 3.63) is 53.3 Å². The van der Waals surface area contributed by atoms with E-state index in [4.69, 9.17) is 14.2 Å². The van der Waals surface area contributed by atoms with Gasteiger partial charge in [-0.05, 0) is 36.8 Å². The van der Waals surface area contributed by atoms with Crippen LogP contribution in [0.5, 0.6) is 11.5 Å². The lowest BCUT2D eigenvalue weighted by Crippen LogP contribution is -2.21. The first kappa shape index (κ1) is 18.3. The van der Waals surface area contributed by atoms with Crippen LogP contribution in [-0.4, -0.2) is 32.7 Å². The second kappa shape index (κ2) is 8.14. The molecule has 0 aromatic heterocycles. The number of rotatable bonds is 6. The Morgan fingerprint density at radius 2 is 1.84 bits per heavy atom. The van der Waals surface area contributed by atoms with Crippen molar-refractivity contribution in [2.75, 3.05) is 26.1 Å². The largest absolute Gasteiger partial charge is 0.497 e. The van der Waals surface area contributed by atoms with Crippen LogP contribution < -0.4 is 14.8 Å². The lowest BCUT2D eigenvalue weighted by molar-refractivity contribution is -0.119. The van der Waals surface area contributed by atoms with E-state index in [0.29, 0.717) is 22.7 Å². The molecule has 25 heavy (non-hydrogen) atoms. The number of hydrogen-bond acceptors (Lipinski definition) is 5. The highest BCUT2D eigenvalue weighted by molar-refractivity contribution is 5.96. The molecule has 1 amide bonds. The number of benzene rings is 2. The fourth-order valence-corrected chi connectivity index (χ4v) is 2.03. The van der Waals surface area contributed by atoms with Crippen LogP contribution in [0.2, 0.25) is 0 Å². The summed E-state index contributed by atoms with van der Waals surface area (Å²) in [6, 6.07) is 8.86. The SMILES string of the molecule is COc1ccc(OC)c(NC(=O)COC(=O)c2ccc(C)c(F)c2)c1. The predicted octanol–water partition coefficient (Wildman–Crippen LogP) is 2.95. The fourth-order valence-electron chi connectivity index (χ4n) is 2.03. The highest BCUT2D eigenvalue weighted by Gasteiger charge is 2.14. The second-order valence-corrected chi connectivity index (χ2v) is 5.15. The van der Waals surface area contributed by atoms with Gasteiger partial charge in [-0.15, -0.1) is 0 Å². The first-order chi connectivity index (χ1) is 11.9. The van der Waals surface area contributed by atoms with E-state index >= 15 is 0 Å². The van der Waals surface area contributed by atoms with Crippen molar-refractivity contribution < 1.29 is 28.2 Å². The lowest BCUT2D eigenvalue weighted by atomic mass is 10.1. The van der Waals surface area contributed by atoms with Crippen LogP contribution >= 0.6 is 0 Å². The predicted molar refractivity (Wildman–Crippen MR) is 89.6 cm³/mol. The van der Waals surface area contributed by atoms with Crippen molar-refractivity contribution in [3.8, 4) is 11.5 Å². The Hall–Kier alpha value is -3.09. The molecule has 1 N–H and O–H groups in total. The number of halogens is 1. The average molecular weight is 347 g/mol. The van der Waals surface area contributed by atoms with Crippen LogP contribution in [0.4, 0.5) is 10.1 Å². The third kappa shape index (κ3) is 4.69. The van der Waals surface area contributed by atoms with Gasteiger partial charge in [0.25, 0.3) is 5.91 Å². The van der Waals surface area contributed by atoms with Gasteiger partial charge < -0.3 is 19.5 Å². The van der Waals surface area contributed by atoms with E-state index in [9.17, 15) is 14.0 Å². The molecule has 0 saturated carbocycles. The standard InChI is InChI=1S/C18H18FNO5/c1-11-4-5-12(8-14(11)19)18(22)25-10-17(21)20-15-9-13(23-2)6-7-16(15)24-3/h4-9H,10H2,1-3H3,(H,20,21). The molecule has 0 fully saturated rings. The molecular weight excluding hydrogens is 329 g/mol. The number of esters is 1. The summed E-state index contributed by atoms with van der Waals surface area (Å²) in [5, 5.41) is 2.57. The van der Waals surface area contributed by atoms with Gasteiger partial charge in [-0.2, -0.15) is 0 Å². The summed E-state index contributed by atoms with van der Waals surface area (Å²) >= 11 is 0. The Labute approximate surface area is 144 Å². The third-order valence-electron chi connectivity index (χ3n) is 3.42. The summed E-state index contributed by atoms with van der Waals surface area (Å²) in [6.45, 7) is 1.06. The fraction of sp³-hybridized carbons (Fsp3) is 0.222. The minimum Gasteiger partial charge on any atom is -0.497 e. The molecule has 132 valence electrons. The number of nitrogens with one attached hydrogen (secondary N) is 1. The van der Waals surface area contributed by atoms with Crippen LogP contribution in [0.15, 0.2) is 36.4 Å². The second-order valence-electron chi connectivity index (χ2n) is 5.15. The number of aryl methyl sites for hydroxylation is 1. The van der Waals surface area contributed by atoms with Crippen molar-refractivity contribution in [3.63, 3.8) is 0 Å². The zero-order valence-corrected chi connectivity index (χ0v) is 14.1. The van der Waals surface area contributed by atoms with E-state index in [0.717, 1.165) is 6.07 Å². The zero-order chi connectivity index (χ0) is 18.4. The van der Waals surface area contributed by atoms with Crippen molar-refractivity contribution in [2.45, 2.75) is 6.92 Å². The van der Waals surface area contributed by atoms with E-state index in [1.54, 1.807) is 25.1 Å². The third-order valence-corrected chi connectivity index (χ3v) is 3.42. The van der Waals surface area contributed by atoms with Gasteiger partial charge in [-0.3, -0.25) is 4.79 Å². The van der Waals surface area contributed by atoms with Gasteiger partial charge in [-0.25, -0.2) is 9.18 Å². The molecule has 2 rings (SSSR count). The highest BCUT2D eigenvalue weighted by atomic mass is 19.1. The molecule has 0 unspecified atom stereocenters. The Kier molecular flexibility index (Phi) is 5.94. The molecule has 0 heterocycles. The molecule has 0 saturated heterocycles. The number of carbonyl (C=O) groups excluding carboxylic acids is 2. The van der Waals surface area contributed by atoms with Gasteiger partial charge in [0.15, 0.2) is 6.61 Å². The molecule has 2 aromatic carbocycles. The topological polar surface area (TPSA) is 73.9 Å². The molecule has 0 aliphatic heterocycles. The number of ether oxygens (including phenoxy) is 3. The maximum atomic E-state index is 13.5. The smallest absolute Gasteiger partial charge is 0.338 e. The van der Waals surface area contributed by atoms with Crippen molar-refractivity contribution in [1.82, 2.24) is 0 Å². The van der Waals surface area contributed by atoms with Crippen LogP contribution in [0.3, 0.4) is 0 Å². The quantitative estimate of drug-likeness (QED) is 0.813. The number of carbonyl (C=O) groups is 2. The van der Waals surface area contributed by atoms with Crippen LogP contribution in [0.25, 0.3) is 0 Å². The van der Waals surface area contributed by atoms with Gasteiger partial charge >= 0.3 is 5.97 Å². The lowest BCUT2D eigenvalue weighted by Gasteiger charge is -2.12. The van der Waals surface area contributed by atoms with E-state index in [2.05, 4.69) is 5.32 Å². The highest BCUT2D eigenvalue weighted by Crippen LogP contribution is 2.28. The number of anilines is 1. The summed E-state index contributed by atoms with van der Waals surface area (Å²) in [7, 11) is 2.96. The van der Waals surface area contributed by atoms with Gasteiger partial charge in [0, 0.05) is 6.07 Å². The molecule has 6 nitrogen and oxygen atoms in total. The normalized spacial score (nSPS) is 10.1. The number of amides is 1. The Balaban J connectivity index is 1.98. The molecular formula is C18H18FNO5. The van der Waals surface area contributed by atoms with Gasteiger partial charge in [0.2, 0.25) is 0 Å². The average Bonchev–Trinajstić information content (AvgIpc) is 2.61. The van der Waals surface area contributed by atoms with Crippen molar-refractivity contribution in [2.24, 2.45) is 0 Å². The minimum atomic E-state index is -0.786. The molecule has 0 aliphatic carbocycles. The van der Waals surface area contributed by atoms with Gasteiger partial charge in [-0.1, -0.05) is 6.07 Å². The molecule has 2 aromatic rings. The van der Waals surface area contributed by atoms with Crippen molar-refractivity contribution >= 4 is 17.6 Å². The summed E-state index contributed by atoms with van der Waals surface area (Å²) < 4.78 is 28.6. The Bertz CT molecular complexity index is 791. The maximum Gasteiger partial charge on any atom is 0.338 e. The molecule has 0 atom stereocenters. The number of methoxy groups -OCH3 is 2. The van der Waals surface area contributed by atoms with Crippen molar-refractivity contribution in [1.29, 1.82) is 0 Å². The Morgan fingerprint density at radius 1 is 1.08 bits per heavy atom. The van der Waals surface area contributed by atoms with E-state index in [1.807, 2.05) is 0 Å². The molecule has 0 radical (unpaired) electrons. The van der Waals surface area contributed by atoms with Crippen LogP contribution in [0, 0.1) is 12.7 Å². The molecule has 0 bridgehead atoms. The van der Waals surface area contributed by atoms with Crippen LogP contribution in [0.1, 0.15) is 15.9 Å². The summed E-state index contributed by atoms with van der Waals surface area (Å²) in [5.74, 6) is -0.900. The van der Waals surface area contributed by atoms with E-state index < -0.39 is 24.3 Å². The summed E-state index contributed by atoms with van der Waals surface area (Å²) in [5.41, 5.74) is 0.832.